The van der Waals surface area contributed by atoms with Gasteiger partial charge in [0.15, 0.2) is 17.2 Å². The van der Waals surface area contributed by atoms with Gasteiger partial charge < -0.3 is 20.3 Å². The van der Waals surface area contributed by atoms with Crippen molar-refractivity contribution in [3.8, 4) is 5.75 Å². The quantitative estimate of drug-likeness (QED) is 0.751. The maximum atomic E-state index is 12.2. The minimum absolute atomic E-state index is 0.0208. The second-order valence-electron chi connectivity index (χ2n) is 4.12. The largest absolute Gasteiger partial charge is 0.479 e. The lowest BCUT2D eigenvalue weighted by Crippen LogP contribution is -2.16. The van der Waals surface area contributed by atoms with Gasteiger partial charge in [0.05, 0.1) is 5.56 Å². The third-order valence-electron chi connectivity index (χ3n) is 2.56. The van der Waals surface area contributed by atoms with Crippen LogP contribution in [0.25, 0.3) is 0 Å². The van der Waals surface area contributed by atoms with Crippen molar-refractivity contribution in [2.75, 3.05) is 11.9 Å². The van der Waals surface area contributed by atoms with Gasteiger partial charge in [-0.3, -0.25) is 4.79 Å². The van der Waals surface area contributed by atoms with E-state index in [1.54, 1.807) is 30.3 Å². The molecule has 0 aliphatic rings. The van der Waals surface area contributed by atoms with Crippen LogP contribution in [-0.2, 0) is 4.79 Å². The van der Waals surface area contributed by atoms with E-state index in [0.717, 1.165) is 11.3 Å². The van der Waals surface area contributed by atoms with E-state index in [4.69, 9.17) is 14.9 Å². The van der Waals surface area contributed by atoms with Crippen molar-refractivity contribution in [3.05, 3.63) is 46.2 Å². The van der Waals surface area contributed by atoms with Crippen molar-refractivity contribution >= 4 is 34.9 Å². The number of anilines is 1. The van der Waals surface area contributed by atoms with Crippen LogP contribution in [0, 0.1) is 0 Å². The van der Waals surface area contributed by atoms with Gasteiger partial charge in [0.2, 0.25) is 0 Å². The summed E-state index contributed by atoms with van der Waals surface area (Å²) in [6.07, 6.45) is 0. The normalized spacial score (nSPS) is 10.0. The highest BCUT2D eigenvalue weighted by molar-refractivity contribution is 7.12. The van der Waals surface area contributed by atoms with Crippen LogP contribution in [0.5, 0.6) is 5.75 Å². The van der Waals surface area contributed by atoms with Crippen LogP contribution in [0.2, 0.25) is 0 Å². The fourth-order valence-electron chi connectivity index (χ4n) is 1.65. The van der Waals surface area contributed by atoms with Gasteiger partial charge in [-0.2, -0.15) is 0 Å². The number of aliphatic carboxylic acids is 1. The molecule has 1 heterocycles. The lowest BCUT2D eigenvalue weighted by Gasteiger charge is -2.08. The Kier molecular flexibility index (Phi) is 4.74. The third-order valence-corrected chi connectivity index (χ3v) is 3.51. The van der Waals surface area contributed by atoms with E-state index < -0.39 is 24.5 Å². The molecule has 0 saturated carbocycles. The summed E-state index contributed by atoms with van der Waals surface area (Å²) in [6.45, 7) is -0.734. The molecule has 7 nitrogen and oxygen atoms in total. The molecule has 1 aromatic heterocycles. The van der Waals surface area contributed by atoms with Crippen LogP contribution in [0.3, 0.4) is 0 Å². The zero-order valence-corrected chi connectivity index (χ0v) is 11.9. The van der Waals surface area contributed by atoms with E-state index in [-0.39, 0.29) is 16.2 Å². The fraction of sp³-hybridized carbons (Fsp3) is 0.0714. The minimum Gasteiger partial charge on any atom is -0.479 e. The van der Waals surface area contributed by atoms with Gasteiger partial charge in [0, 0.05) is 11.1 Å². The highest BCUT2D eigenvalue weighted by Crippen LogP contribution is 2.31. The number of carbonyl (C=O) groups is 3. The molecule has 0 spiro atoms. The molecule has 22 heavy (non-hydrogen) atoms. The summed E-state index contributed by atoms with van der Waals surface area (Å²) >= 11 is 0.797. The Morgan fingerprint density at radius 3 is 2.41 bits per heavy atom. The van der Waals surface area contributed by atoms with Crippen molar-refractivity contribution in [1.29, 1.82) is 0 Å². The molecule has 0 radical (unpaired) electrons. The third kappa shape index (κ3) is 3.61. The smallest absolute Gasteiger partial charge is 0.349 e. The van der Waals surface area contributed by atoms with E-state index in [1.807, 2.05) is 0 Å². The van der Waals surface area contributed by atoms with E-state index in [0.29, 0.717) is 5.69 Å². The average Bonchev–Trinajstić information content (AvgIpc) is 2.90. The molecule has 0 fully saturated rings. The van der Waals surface area contributed by atoms with E-state index in [9.17, 15) is 14.4 Å². The summed E-state index contributed by atoms with van der Waals surface area (Å²) in [5.41, 5.74) is 0.507. The Labute approximate surface area is 128 Å². The van der Waals surface area contributed by atoms with E-state index >= 15 is 0 Å². The highest BCUT2D eigenvalue weighted by Gasteiger charge is 2.24. The molecule has 2 rings (SSSR count). The van der Waals surface area contributed by atoms with Crippen LogP contribution in [0.15, 0.2) is 35.7 Å². The fourth-order valence-corrected chi connectivity index (χ4v) is 2.48. The summed E-state index contributed by atoms with van der Waals surface area (Å²) in [7, 11) is 0. The second-order valence-corrected chi connectivity index (χ2v) is 4.99. The number of rotatable bonds is 6. The average molecular weight is 321 g/mol. The Morgan fingerprint density at radius 1 is 1.14 bits per heavy atom. The number of thiophene rings is 1. The van der Waals surface area contributed by atoms with Crippen LogP contribution in [-0.4, -0.2) is 34.7 Å². The number of aromatic carboxylic acids is 1. The lowest BCUT2D eigenvalue weighted by atomic mass is 10.2. The molecule has 0 atom stereocenters. The monoisotopic (exact) mass is 321 g/mol. The zero-order chi connectivity index (χ0) is 16.1. The number of para-hydroxylation sites is 1. The Balaban J connectivity index is 2.27. The van der Waals surface area contributed by atoms with E-state index in [2.05, 4.69) is 5.32 Å². The van der Waals surface area contributed by atoms with Gasteiger partial charge in [-0.25, -0.2) is 9.59 Å². The lowest BCUT2D eigenvalue weighted by molar-refractivity contribution is -0.139. The first kappa shape index (κ1) is 15.5. The Morgan fingerprint density at radius 2 is 1.82 bits per heavy atom. The van der Waals surface area contributed by atoms with Crippen molar-refractivity contribution in [2.24, 2.45) is 0 Å². The van der Waals surface area contributed by atoms with Crippen molar-refractivity contribution < 1.29 is 29.3 Å². The minimum atomic E-state index is -1.29. The maximum absolute atomic E-state index is 12.2. The van der Waals surface area contributed by atoms with Crippen LogP contribution in [0.4, 0.5) is 5.69 Å². The van der Waals surface area contributed by atoms with E-state index in [1.165, 1.54) is 5.38 Å². The number of nitrogens with one attached hydrogen (secondary N) is 1. The molecule has 1 aromatic carbocycles. The number of carboxylic acids is 2. The number of carbonyl (C=O) groups excluding carboxylic acids is 1. The van der Waals surface area contributed by atoms with Gasteiger partial charge in [0.25, 0.3) is 5.91 Å². The number of carboxylic acid groups (broad SMARTS) is 2. The summed E-state index contributed by atoms with van der Waals surface area (Å²) in [5.74, 6) is -3.37. The first-order valence-electron chi connectivity index (χ1n) is 6.05. The predicted molar refractivity (Wildman–Crippen MR) is 78.8 cm³/mol. The predicted octanol–water partition coefficient (Wildman–Crippen LogP) is 2.16. The molecule has 8 heteroatoms. The van der Waals surface area contributed by atoms with Crippen molar-refractivity contribution in [3.63, 3.8) is 0 Å². The number of ether oxygens (including phenoxy) is 1. The Bertz CT molecular complexity index is 709. The van der Waals surface area contributed by atoms with Crippen LogP contribution >= 0.6 is 11.3 Å². The summed E-state index contributed by atoms with van der Waals surface area (Å²) in [5, 5.41) is 21.6. The molecule has 0 saturated heterocycles. The number of hydrogen-bond donors (Lipinski definition) is 3. The summed E-state index contributed by atoms with van der Waals surface area (Å²) in [6, 6.07) is 8.58. The highest BCUT2D eigenvalue weighted by atomic mass is 32.1. The van der Waals surface area contributed by atoms with Gasteiger partial charge in [-0.15, -0.1) is 11.3 Å². The SMILES string of the molecule is O=C(O)COc1c(C(=O)Nc2ccccc2)csc1C(=O)O. The molecule has 0 unspecified atom stereocenters. The number of benzene rings is 1. The van der Waals surface area contributed by atoms with Gasteiger partial charge >= 0.3 is 11.9 Å². The molecule has 0 aliphatic carbocycles. The molecule has 0 aliphatic heterocycles. The second kappa shape index (κ2) is 6.72. The van der Waals surface area contributed by atoms with Gasteiger partial charge in [0.1, 0.15) is 0 Å². The van der Waals surface area contributed by atoms with Crippen molar-refractivity contribution in [2.45, 2.75) is 0 Å². The molecule has 1 amide bonds. The zero-order valence-electron chi connectivity index (χ0n) is 11.1. The molecule has 114 valence electrons. The number of hydrogen-bond acceptors (Lipinski definition) is 5. The van der Waals surface area contributed by atoms with Crippen LogP contribution in [0.1, 0.15) is 20.0 Å². The molecule has 2 aromatic rings. The van der Waals surface area contributed by atoms with Gasteiger partial charge in [-0.1, -0.05) is 18.2 Å². The maximum Gasteiger partial charge on any atom is 0.349 e. The molecular formula is C14H11NO6S. The molecular weight excluding hydrogens is 310 g/mol. The first-order chi connectivity index (χ1) is 10.5. The first-order valence-corrected chi connectivity index (χ1v) is 6.92. The van der Waals surface area contributed by atoms with Crippen molar-refractivity contribution in [1.82, 2.24) is 0 Å². The molecule has 0 bridgehead atoms. The summed E-state index contributed by atoms with van der Waals surface area (Å²) < 4.78 is 4.96. The number of amides is 1. The Hall–Kier alpha value is -2.87. The van der Waals surface area contributed by atoms with Crippen LogP contribution < -0.4 is 10.1 Å². The molecule has 3 N–H and O–H groups in total. The topological polar surface area (TPSA) is 113 Å². The van der Waals surface area contributed by atoms with Gasteiger partial charge in [-0.05, 0) is 12.1 Å². The standard InChI is InChI=1S/C14H11NO6S/c16-10(17)6-21-11-9(7-22-12(11)14(19)20)13(18)15-8-4-2-1-3-5-8/h1-5,7H,6H2,(H,15,18)(H,16,17)(H,19,20). The summed E-state index contributed by atoms with van der Waals surface area (Å²) in [4.78, 5) is 33.7.